The van der Waals surface area contributed by atoms with E-state index in [1.807, 2.05) is 18.2 Å². The Morgan fingerprint density at radius 1 is 1.21 bits per heavy atom. The fraction of sp³-hybridized carbons (Fsp3) is 0.741. The molecule has 1 N–H and O–H groups in total. The normalized spacial score (nSPS) is 36.2. The van der Waals surface area contributed by atoms with Crippen LogP contribution < -0.4 is 9.47 Å². The fourth-order valence-electron chi connectivity index (χ4n) is 7.21. The van der Waals surface area contributed by atoms with Crippen LogP contribution in [0.15, 0.2) is 18.2 Å². The number of benzene rings is 1. The van der Waals surface area contributed by atoms with Crippen LogP contribution in [0.3, 0.4) is 0 Å². The van der Waals surface area contributed by atoms with Crippen molar-refractivity contribution in [2.24, 2.45) is 23.2 Å². The molecule has 7 nitrogen and oxygen atoms in total. The van der Waals surface area contributed by atoms with Gasteiger partial charge in [0.15, 0.2) is 11.5 Å². The first kappa shape index (κ1) is 23.9. The van der Waals surface area contributed by atoms with Crippen molar-refractivity contribution in [3.8, 4) is 11.5 Å². The summed E-state index contributed by atoms with van der Waals surface area (Å²) in [4.78, 5) is 15.4. The third kappa shape index (κ3) is 4.31. The van der Waals surface area contributed by atoms with Crippen LogP contribution in [-0.2, 0) is 20.8 Å². The quantitative estimate of drug-likeness (QED) is 0.435. The Hall–Kier alpha value is -1.83. The van der Waals surface area contributed by atoms with Crippen LogP contribution in [0.2, 0.25) is 0 Å². The van der Waals surface area contributed by atoms with Crippen molar-refractivity contribution in [2.75, 3.05) is 40.5 Å². The Balaban J connectivity index is 1.33. The Bertz CT molecular complexity index is 901. The highest BCUT2D eigenvalue weighted by atomic mass is 16.6. The topological polar surface area (TPSA) is 80.8 Å². The molecule has 1 spiro atoms. The maximum atomic E-state index is 13.1. The van der Waals surface area contributed by atoms with Gasteiger partial charge in [-0.15, -0.1) is 0 Å². The van der Waals surface area contributed by atoms with Crippen LogP contribution in [0.4, 0.5) is 0 Å². The first-order valence-electron chi connectivity index (χ1n) is 12.8. The zero-order valence-electron chi connectivity index (χ0n) is 20.8. The highest BCUT2D eigenvalue weighted by Gasteiger charge is 2.65. The molecule has 0 amide bonds. The second kappa shape index (κ2) is 9.32. The molecule has 188 valence electrons. The first-order valence-corrected chi connectivity index (χ1v) is 12.8. The summed E-state index contributed by atoms with van der Waals surface area (Å²) >= 11 is 0. The van der Waals surface area contributed by atoms with Gasteiger partial charge in [0.2, 0.25) is 0 Å². The summed E-state index contributed by atoms with van der Waals surface area (Å²) in [6.45, 7) is 5.44. The van der Waals surface area contributed by atoms with Crippen molar-refractivity contribution < 1.29 is 28.8 Å². The molecule has 5 rings (SSSR count). The third-order valence-corrected chi connectivity index (χ3v) is 9.02. The zero-order chi connectivity index (χ0) is 23.9. The maximum Gasteiger partial charge on any atom is 0.310 e. The molecule has 7 heteroatoms. The van der Waals surface area contributed by atoms with E-state index >= 15 is 0 Å². The number of esters is 1. The van der Waals surface area contributed by atoms with E-state index in [4.69, 9.17) is 18.9 Å². The predicted molar refractivity (Wildman–Crippen MR) is 127 cm³/mol. The molecule has 1 aromatic rings. The van der Waals surface area contributed by atoms with Crippen LogP contribution >= 0.6 is 0 Å². The van der Waals surface area contributed by atoms with Crippen molar-refractivity contribution in [1.29, 1.82) is 0 Å². The van der Waals surface area contributed by atoms with Crippen molar-refractivity contribution in [1.82, 2.24) is 4.90 Å². The van der Waals surface area contributed by atoms with Gasteiger partial charge in [-0.1, -0.05) is 13.0 Å². The molecule has 2 heterocycles. The second-order valence-electron chi connectivity index (χ2n) is 11.1. The van der Waals surface area contributed by atoms with Crippen molar-refractivity contribution in [2.45, 2.75) is 63.7 Å². The fourth-order valence-corrected chi connectivity index (χ4v) is 7.21. The average Bonchev–Trinajstić information content (AvgIpc) is 3.53. The highest BCUT2D eigenvalue weighted by Crippen LogP contribution is 2.62. The zero-order valence-corrected chi connectivity index (χ0v) is 20.8. The number of aliphatic hydroxyl groups is 1. The molecule has 1 aromatic carbocycles. The SMILES string of the molecule is COc1ccc(CN(CCCO)CC2C(=O)OC3CC4(C)CCCC5(CO5)C4CC32)cc1OC. The minimum absolute atomic E-state index is 0.0217. The number of fused-ring (bicyclic) bond motifs is 3. The molecule has 0 bridgehead atoms. The molecule has 2 aliphatic carbocycles. The number of hydrogen-bond donors (Lipinski definition) is 1. The van der Waals surface area contributed by atoms with E-state index in [2.05, 4.69) is 11.8 Å². The monoisotopic (exact) mass is 473 g/mol. The predicted octanol–water partition coefficient (Wildman–Crippen LogP) is 3.42. The van der Waals surface area contributed by atoms with Gasteiger partial charge in [-0.3, -0.25) is 9.69 Å². The Labute approximate surface area is 202 Å². The molecule has 2 saturated carbocycles. The molecule has 0 radical (unpaired) electrons. The third-order valence-electron chi connectivity index (χ3n) is 9.02. The van der Waals surface area contributed by atoms with Gasteiger partial charge < -0.3 is 24.1 Å². The van der Waals surface area contributed by atoms with E-state index < -0.39 is 0 Å². The lowest BCUT2D eigenvalue weighted by Gasteiger charge is -2.51. The van der Waals surface area contributed by atoms with Crippen molar-refractivity contribution in [3.05, 3.63) is 23.8 Å². The second-order valence-corrected chi connectivity index (χ2v) is 11.1. The van der Waals surface area contributed by atoms with Crippen LogP contribution in [0.1, 0.15) is 51.0 Å². The summed E-state index contributed by atoms with van der Waals surface area (Å²) in [7, 11) is 3.27. The average molecular weight is 474 g/mol. The van der Waals surface area contributed by atoms with Crippen molar-refractivity contribution >= 4 is 5.97 Å². The Kier molecular flexibility index (Phi) is 6.55. The van der Waals surface area contributed by atoms with Crippen LogP contribution in [0.25, 0.3) is 0 Å². The van der Waals surface area contributed by atoms with Crippen LogP contribution in [-0.4, -0.2) is 68.2 Å². The lowest BCUT2D eigenvalue weighted by molar-refractivity contribution is -0.147. The van der Waals surface area contributed by atoms with Crippen LogP contribution in [0, 0.1) is 23.2 Å². The van der Waals surface area contributed by atoms with E-state index in [9.17, 15) is 9.90 Å². The van der Waals surface area contributed by atoms with Gasteiger partial charge >= 0.3 is 5.97 Å². The Morgan fingerprint density at radius 2 is 2.00 bits per heavy atom. The molecular weight excluding hydrogens is 434 g/mol. The van der Waals surface area contributed by atoms with Gasteiger partial charge in [0.25, 0.3) is 0 Å². The minimum atomic E-state index is -0.133. The smallest absolute Gasteiger partial charge is 0.310 e. The van der Waals surface area contributed by atoms with E-state index in [0.717, 1.165) is 38.0 Å². The summed E-state index contributed by atoms with van der Waals surface area (Å²) in [5.41, 5.74) is 1.36. The number of aliphatic hydroxyl groups excluding tert-OH is 1. The minimum Gasteiger partial charge on any atom is -0.493 e. The van der Waals surface area contributed by atoms with E-state index in [1.54, 1.807) is 14.2 Å². The summed E-state index contributed by atoms with van der Waals surface area (Å²) in [5, 5.41) is 9.49. The molecule has 6 atom stereocenters. The molecule has 0 aromatic heterocycles. The highest BCUT2D eigenvalue weighted by molar-refractivity contribution is 5.75. The molecule has 6 unspecified atom stereocenters. The number of hydrogen-bond acceptors (Lipinski definition) is 7. The summed E-state index contributed by atoms with van der Waals surface area (Å²) in [5.74, 6) is 1.97. The van der Waals surface area contributed by atoms with Crippen LogP contribution in [0.5, 0.6) is 11.5 Å². The van der Waals surface area contributed by atoms with E-state index in [1.165, 1.54) is 12.8 Å². The number of rotatable bonds is 9. The lowest BCUT2D eigenvalue weighted by atomic mass is 9.53. The van der Waals surface area contributed by atoms with Crippen molar-refractivity contribution in [3.63, 3.8) is 0 Å². The summed E-state index contributed by atoms with van der Waals surface area (Å²) in [6.07, 6.45) is 6.24. The van der Waals surface area contributed by atoms with E-state index in [0.29, 0.717) is 36.9 Å². The molecule has 4 fully saturated rings. The number of carbonyl (C=O) groups is 1. The Morgan fingerprint density at radius 3 is 2.71 bits per heavy atom. The molecule has 2 saturated heterocycles. The standard InChI is InChI=1S/C27H39NO6/c1-26-8-4-9-27(17-33-27)24(26)13-19-20(25(30)34-23(19)14-26)16-28(10-5-11-29)15-18-6-7-21(31-2)22(12-18)32-3/h6-7,12,19-20,23-24,29H,4-5,8-11,13-17H2,1-3H3. The summed E-state index contributed by atoms with van der Waals surface area (Å²) < 4.78 is 22.9. The molecular formula is C27H39NO6. The molecule has 2 aliphatic heterocycles. The molecule has 4 aliphatic rings. The summed E-state index contributed by atoms with van der Waals surface area (Å²) in [6, 6.07) is 5.94. The number of epoxide rings is 1. The van der Waals surface area contributed by atoms with E-state index in [-0.39, 0.29) is 41.5 Å². The number of ether oxygens (including phenoxy) is 4. The van der Waals surface area contributed by atoms with Gasteiger partial charge in [0, 0.05) is 32.2 Å². The largest absolute Gasteiger partial charge is 0.493 e. The van der Waals surface area contributed by atoms with Gasteiger partial charge in [0.05, 0.1) is 32.3 Å². The van der Waals surface area contributed by atoms with Gasteiger partial charge in [-0.2, -0.15) is 0 Å². The molecule has 34 heavy (non-hydrogen) atoms. The number of carbonyl (C=O) groups excluding carboxylic acids is 1. The lowest BCUT2D eigenvalue weighted by Crippen LogP contribution is -2.51. The first-order chi connectivity index (χ1) is 16.4. The van der Waals surface area contributed by atoms with Gasteiger partial charge in [-0.05, 0) is 67.6 Å². The number of methoxy groups -OCH3 is 2. The van der Waals surface area contributed by atoms with Gasteiger partial charge in [-0.25, -0.2) is 0 Å². The number of nitrogens with zero attached hydrogens (tertiary/aromatic N) is 1. The van der Waals surface area contributed by atoms with Gasteiger partial charge in [0.1, 0.15) is 6.10 Å². The maximum absolute atomic E-state index is 13.1.